The van der Waals surface area contributed by atoms with Gasteiger partial charge >= 0.3 is 0 Å². The van der Waals surface area contributed by atoms with Crippen molar-refractivity contribution in [3.05, 3.63) is 0 Å². The topological polar surface area (TPSA) is 66.4 Å². The second-order valence-electron chi connectivity index (χ2n) is 5.50. The molecule has 0 aliphatic heterocycles. The highest BCUT2D eigenvalue weighted by molar-refractivity contribution is 7.89. The lowest BCUT2D eigenvalue weighted by molar-refractivity contribution is 0.153. The molecule has 0 saturated heterocycles. The van der Waals surface area contributed by atoms with Gasteiger partial charge in [-0.3, -0.25) is 0 Å². The summed E-state index contributed by atoms with van der Waals surface area (Å²) in [5.41, 5.74) is 0. The Balaban J connectivity index is 1.98. The quantitative estimate of drug-likeness (QED) is 0.753. The molecule has 100 valence electrons. The van der Waals surface area contributed by atoms with Crippen LogP contribution >= 0.6 is 0 Å². The molecule has 0 amide bonds. The molecule has 2 saturated carbocycles. The minimum absolute atomic E-state index is 0.0133. The summed E-state index contributed by atoms with van der Waals surface area (Å²) in [6, 6.07) is -0.0133. The average Bonchev–Trinajstić information content (AvgIpc) is 2.86. The monoisotopic (exact) mass is 261 g/mol. The predicted octanol–water partition coefficient (Wildman–Crippen LogP) is 1.11. The van der Waals surface area contributed by atoms with Crippen LogP contribution in [0.15, 0.2) is 0 Å². The molecule has 2 N–H and O–H groups in total. The maximum absolute atomic E-state index is 11.9. The molecule has 17 heavy (non-hydrogen) atoms. The van der Waals surface area contributed by atoms with Gasteiger partial charge in [-0.05, 0) is 37.5 Å². The maximum atomic E-state index is 11.9. The first kappa shape index (κ1) is 13.3. The number of aliphatic hydroxyl groups is 1. The Morgan fingerprint density at radius 2 is 2.00 bits per heavy atom. The summed E-state index contributed by atoms with van der Waals surface area (Å²) in [6.07, 6.45) is 4.96. The first-order valence-electron chi connectivity index (χ1n) is 6.68. The third kappa shape index (κ3) is 2.83. The van der Waals surface area contributed by atoms with Gasteiger partial charge in [0, 0.05) is 18.6 Å². The highest BCUT2D eigenvalue weighted by atomic mass is 32.2. The van der Waals surface area contributed by atoms with E-state index in [1.807, 2.05) is 6.92 Å². The number of nitrogens with one attached hydrogen (secondary N) is 1. The normalized spacial score (nSPS) is 36.6. The van der Waals surface area contributed by atoms with Crippen molar-refractivity contribution in [2.24, 2.45) is 17.8 Å². The Hall–Kier alpha value is -0.130. The van der Waals surface area contributed by atoms with Crippen molar-refractivity contribution >= 4 is 10.0 Å². The predicted molar refractivity (Wildman–Crippen MR) is 67.0 cm³/mol. The van der Waals surface area contributed by atoms with E-state index in [0.29, 0.717) is 18.3 Å². The summed E-state index contributed by atoms with van der Waals surface area (Å²) in [5, 5.41) is 9.40. The number of fused-ring (bicyclic) bond motifs is 2. The highest BCUT2D eigenvalue weighted by Crippen LogP contribution is 2.48. The molecule has 2 aliphatic rings. The fraction of sp³-hybridized carbons (Fsp3) is 1.00. The van der Waals surface area contributed by atoms with E-state index in [1.54, 1.807) is 0 Å². The first-order chi connectivity index (χ1) is 8.07. The number of hydrogen-bond acceptors (Lipinski definition) is 3. The van der Waals surface area contributed by atoms with Crippen LogP contribution in [0.5, 0.6) is 0 Å². The van der Waals surface area contributed by atoms with E-state index < -0.39 is 10.0 Å². The van der Waals surface area contributed by atoms with E-state index in [1.165, 1.54) is 0 Å². The zero-order chi connectivity index (χ0) is 12.5. The van der Waals surface area contributed by atoms with Gasteiger partial charge in [-0.15, -0.1) is 0 Å². The van der Waals surface area contributed by atoms with Gasteiger partial charge in [-0.2, -0.15) is 0 Å². The summed E-state index contributed by atoms with van der Waals surface area (Å²) < 4.78 is 26.6. The lowest BCUT2D eigenvalue weighted by Crippen LogP contribution is -2.45. The largest absolute Gasteiger partial charge is 0.396 e. The summed E-state index contributed by atoms with van der Waals surface area (Å²) >= 11 is 0. The first-order valence-corrected chi connectivity index (χ1v) is 8.33. The Morgan fingerprint density at radius 3 is 2.65 bits per heavy atom. The van der Waals surface area contributed by atoms with Gasteiger partial charge in [-0.1, -0.05) is 13.3 Å². The van der Waals surface area contributed by atoms with Crippen LogP contribution < -0.4 is 4.72 Å². The molecule has 0 heterocycles. The van der Waals surface area contributed by atoms with Gasteiger partial charge in [0.25, 0.3) is 0 Å². The van der Waals surface area contributed by atoms with Crippen molar-refractivity contribution in [3.63, 3.8) is 0 Å². The minimum Gasteiger partial charge on any atom is -0.396 e. The Labute approximate surface area is 104 Å². The molecule has 2 bridgehead atoms. The van der Waals surface area contributed by atoms with Crippen LogP contribution in [0, 0.1) is 17.8 Å². The van der Waals surface area contributed by atoms with Crippen LogP contribution in [0.1, 0.15) is 39.0 Å². The van der Waals surface area contributed by atoms with Gasteiger partial charge in [0.15, 0.2) is 0 Å². The molecule has 0 radical (unpaired) electrons. The Kier molecular flexibility index (Phi) is 4.10. The van der Waals surface area contributed by atoms with Crippen molar-refractivity contribution in [2.45, 2.75) is 45.1 Å². The smallest absolute Gasteiger partial charge is 0.211 e. The van der Waals surface area contributed by atoms with E-state index in [-0.39, 0.29) is 24.3 Å². The minimum atomic E-state index is -3.15. The molecule has 2 fully saturated rings. The molecule has 0 aromatic rings. The van der Waals surface area contributed by atoms with Gasteiger partial charge in [0.2, 0.25) is 10.0 Å². The second kappa shape index (κ2) is 5.24. The zero-order valence-electron chi connectivity index (χ0n) is 10.4. The highest BCUT2D eigenvalue weighted by Gasteiger charge is 2.48. The van der Waals surface area contributed by atoms with Gasteiger partial charge in [0.1, 0.15) is 0 Å². The lowest BCUT2D eigenvalue weighted by Gasteiger charge is -2.30. The van der Waals surface area contributed by atoms with Gasteiger partial charge in [0.05, 0.1) is 5.75 Å². The van der Waals surface area contributed by atoms with Crippen molar-refractivity contribution in [2.75, 3.05) is 12.4 Å². The molecule has 2 aliphatic carbocycles. The van der Waals surface area contributed by atoms with Crippen LogP contribution in [-0.4, -0.2) is 31.9 Å². The van der Waals surface area contributed by atoms with Crippen molar-refractivity contribution in [1.82, 2.24) is 4.72 Å². The third-order valence-electron chi connectivity index (χ3n) is 4.38. The number of aliphatic hydroxyl groups excluding tert-OH is 1. The van der Waals surface area contributed by atoms with Crippen LogP contribution in [0.4, 0.5) is 0 Å². The van der Waals surface area contributed by atoms with Crippen LogP contribution in [0.2, 0.25) is 0 Å². The Morgan fingerprint density at radius 1 is 1.29 bits per heavy atom. The molecular formula is C12H23NO3S. The van der Waals surface area contributed by atoms with Gasteiger partial charge in [-0.25, -0.2) is 13.1 Å². The average molecular weight is 261 g/mol. The van der Waals surface area contributed by atoms with Crippen molar-refractivity contribution in [1.29, 1.82) is 0 Å². The molecule has 0 aromatic heterocycles. The zero-order valence-corrected chi connectivity index (χ0v) is 11.2. The molecule has 0 spiro atoms. The molecular weight excluding hydrogens is 238 g/mol. The second-order valence-corrected chi connectivity index (χ2v) is 7.37. The van der Waals surface area contributed by atoms with E-state index in [9.17, 15) is 13.5 Å². The standard InChI is InChI=1S/C12H23NO3S/c1-2-3-6-17(15,16)13-12-10-5-4-9(7-10)11(12)8-14/h9-14H,2-8H2,1H3/t9-,10-,11+,12-/m1/s1. The molecule has 0 aromatic carbocycles. The number of sulfonamides is 1. The fourth-order valence-electron chi connectivity index (χ4n) is 3.46. The molecule has 4 nitrogen and oxygen atoms in total. The van der Waals surface area contributed by atoms with E-state index >= 15 is 0 Å². The molecule has 0 unspecified atom stereocenters. The molecule has 4 atom stereocenters. The van der Waals surface area contributed by atoms with E-state index in [4.69, 9.17) is 0 Å². The summed E-state index contributed by atoms with van der Waals surface area (Å²) in [7, 11) is -3.15. The maximum Gasteiger partial charge on any atom is 0.211 e. The summed E-state index contributed by atoms with van der Waals surface area (Å²) in [6.45, 7) is 2.10. The van der Waals surface area contributed by atoms with E-state index in [2.05, 4.69) is 4.72 Å². The van der Waals surface area contributed by atoms with Crippen molar-refractivity contribution in [3.8, 4) is 0 Å². The van der Waals surface area contributed by atoms with Crippen LogP contribution in [0.3, 0.4) is 0 Å². The number of rotatable bonds is 6. The fourth-order valence-corrected chi connectivity index (χ4v) is 5.03. The number of hydrogen-bond donors (Lipinski definition) is 2. The summed E-state index contributed by atoms with van der Waals surface area (Å²) in [4.78, 5) is 0. The third-order valence-corrected chi connectivity index (χ3v) is 5.84. The van der Waals surface area contributed by atoms with E-state index in [0.717, 1.165) is 25.7 Å². The molecule has 5 heteroatoms. The molecule has 2 rings (SSSR count). The van der Waals surface area contributed by atoms with Crippen LogP contribution in [0.25, 0.3) is 0 Å². The van der Waals surface area contributed by atoms with Crippen molar-refractivity contribution < 1.29 is 13.5 Å². The summed E-state index contributed by atoms with van der Waals surface area (Å²) in [5.74, 6) is 1.35. The lowest BCUT2D eigenvalue weighted by atomic mass is 9.86. The Bertz CT molecular complexity index is 355. The van der Waals surface area contributed by atoms with Crippen LogP contribution in [-0.2, 0) is 10.0 Å². The SMILES string of the molecule is CCCCS(=O)(=O)N[C@@H]1[C@@H]2CC[C@H](C2)[C@@H]1CO. The number of unbranched alkanes of at least 4 members (excludes halogenated alkanes) is 1. The van der Waals surface area contributed by atoms with Gasteiger partial charge < -0.3 is 5.11 Å².